The summed E-state index contributed by atoms with van der Waals surface area (Å²) in [6, 6.07) is 7.62. The van der Waals surface area contributed by atoms with Crippen molar-refractivity contribution >= 4 is 22.9 Å². The van der Waals surface area contributed by atoms with Crippen molar-refractivity contribution < 1.29 is 4.79 Å². The third-order valence-electron chi connectivity index (χ3n) is 3.61. The predicted octanol–water partition coefficient (Wildman–Crippen LogP) is 2.84. The van der Waals surface area contributed by atoms with Gasteiger partial charge in [-0.05, 0) is 54.1 Å². The Labute approximate surface area is 116 Å². The molecule has 0 unspecified atom stereocenters. The van der Waals surface area contributed by atoms with Crippen LogP contribution in [0.15, 0.2) is 29.6 Å². The lowest BCUT2D eigenvalue weighted by atomic mass is 10.1. The fourth-order valence-electron chi connectivity index (χ4n) is 2.41. The summed E-state index contributed by atoms with van der Waals surface area (Å²) in [7, 11) is 0. The number of hydrogen-bond donors (Lipinski definition) is 1. The molecule has 2 aromatic rings. The van der Waals surface area contributed by atoms with E-state index >= 15 is 0 Å². The summed E-state index contributed by atoms with van der Waals surface area (Å²) >= 11 is 1.78. The van der Waals surface area contributed by atoms with Gasteiger partial charge >= 0.3 is 0 Å². The molecule has 2 heterocycles. The highest BCUT2D eigenvalue weighted by molar-refractivity contribution is 7.10. The number of aryl methyl sites for hydroxylation is 1. The number of carbonyl (C=O) groups is 1. The summed E-state index contributed by atoms with van der Waals surface area (Å²) < 4.78 is 0. The van der Waals surface area contributed by atoms with Crippen LogP contribution in [0.25, 0.3) is 0 Å². The molecule has 1 aliphatic heterocycles. The van der Waals surface area contributed by atoms with E-state index < -0.39 is 0 Å². The summed E-state index contributed by atoms with van der Waals surface area (Å²) in [5, 5.41) is 2.10. The Hall–Kier alpha value is -1.81. The predicted molar refractivity (Wildman–Crippen MR) is 78.4 cm³/mol. The standard InChI is InChI=1S/C15H16N2OS/c1-10-8-11(2-3-13(10)16)15(18)17-6-4-14-12(9-17)5-7-19-14/h2-3,5,7-8H,4,6,9,16H2,1H3. The van der Waals surface area contributed by atoms with Gasteiger partial charge in [0, 0.05) is 29.2 Å². The Kier molecular flexibility index (Phi) is 3.03. The van der Waals surface area contributed by atoms with E-state index in [1.807, 2.05) is 30.0 Å². The average molecular weight is 272 g/mol. The van der Waals surface area contributed by atoms with Gasteiger partial charge in [0.15, 0.2) is 0 Å². The monoisotopic (exact) mass is 272 g/mol. The van der Waals surface area contributed by atoms with Gasteiger partial charge in [-0.3, -0.25) is 4.79 Å². The smallest absolute Gasteiger partial charge is 0.254 e. The van der Waals surface area contributed by atoms with Crippen LogP contribution in [-0.4, -0.2) is 17.4 Å². The van der Waals surface area contributed by atoms with Crippen molar-refractivity contribution in [2.24, 2.45) is 0 Å². The zero-order valence-electron chi connectivity index (χ0n) is 10.8. The first-order chi connectivity index (χ1) is 9.15. The summed E-state index contributed by atoms with van der Waals surface area (Å²) in [6.07, 6.45) is 0.965. The number of thiophene rings is 1. The molecule has 19 heavy (non-hydrogen) atoms. The molecule has 0 radical (unpaired) electrons. The number of nitrogen functional groups attached to an aromatic ring is 1. The zero-order valence-corrected chi connectivity index (χ0v) is 11.7. The van der Waals surface area contributed by atoms with Crippen LogP contribution in [0.2, 0.25) is 0 Å². The van der Waals surface area contributed by atoms with Gasteiger partial charge < -0.3 is 10.6 Å². The Morgan fingerprint density at radius 1 is 1.37 bits per heavy atom. The van der Waals surface area contributed by atoms with Crippen LogP contribution >= 0.6 is 11.3 Å². The lowest BCUT2D eigenvalue weighted by Crippen LogP contribution is -2.35. The van der Waals surface area contributed by atoms with Crippen LogP contribution in [0.3, 0.4) is 0 Å². The molecule has 1 aromatic heterocycles. The van der Waals surface area contributed by atoms with Gasteiger partial charge in [0.2, 0.25) is 0 Å². The maximum absolute atomic E-state index is 12.5. The summed E-state index contributed by atoms with van der Waals surface area (Å²) in [4.78, 5) is 15.8. The van der Waals surface area contributed by atoms with E-state index in [0.717, 1.165) is 36.3 Å². The highest BCUT2D eigenvalue weighted by Crippen LogP contribution is 2.25. The maximum Gasteiger partial charge on any atom is 0.254 e. The molecule has 98 valence electrons. The fourth-order valence-corrected chi connectivity index (χ4v) is 3.30. The van der Waals surface area contributed by atoms with Crippen molar-refractivity contribution in [1.29, 1.82) is 0 Å². The molecule has 0 aliphatic carbocycles. The van der Waals surface area contributed by atoms with Crippen molar-refractivity contribution in [1.82, 2.24) is 4.90 Å². The lowest BCUT2D eigenvalue weighted by molar-refractivity contribution is 0.0736. The molecule has 0 atom stereocenters. The van der Waals surface area contributed by atoms with E-state index in [-0.39, 0.29) is 5.91 Å². The van der Waals surface area contributed by atoms with Crippen LogP contribution in [0.4, 0.5) is 5.69 Å². The molecule has 4 heteroatoms. The third-order valence-corrected chi connectivity index (χ3v) is 4.63. The first kappa shape index (κ1) is 12.2. The summed E-state index contributed by atoms with van der Waals surface area (Å²) in [5.41, 5.74) is 9.50. The minimum atomic E-state index is 0.0972. The van der Waals surface area contributed by atoms with Crippen molar-refractivity contribution in [2.75, 3.05) is 12.3 Å². The molecule has 0 saturated heterocycles. The quantitative estimate of drug-likeness (QED) is 0.811. The second-order valence-corrected chi connectivity index (χ2v) is 5.92. The van der Waals surface area contributed by atoms with Crippen LogP contribution in [-0.2, 0) is 13.0 Å². The minimum absolute atomic E-state index is 0.0972. The first-order valence-corrected chi connectivity index (χ1v) is 7.24. The second-order valence-electron chi connectivity index (χ2n) is 4.92. The highest BCUT2D eigenvalue weighted by Gasteiger charge is 2.22. The highest BCUT2D eigenvalue weighted by atomic mass is 32.1. The Morgan fingerprint density at radius 3 is 3.00 bits per heavy atom. The zero-order chi connectivity index (χ0) is 13.4. The molecule has 1 amide bonds. The van der Waals surface area contributed by atoms with Crippen LogP contribution in [0.1, 0.15) is 26.4 Å². The molecule has 0 bridgehead atoms. The molecule has 3 nitrogen and oxygen atoms in total. The van der Waals surface area contributed by atoms with Crippen LogP contribution in [0.5, 0.6) is 0 Å². The number of nitrogens with two attached hydrogens (primary N) is 1. The number of rotatable bonds is 1. The van der Waals surface area contributed by atoms with E-state index in [4.69, 9.17) is 5.73 Å². The van der Waals surface area contributed by atoms with Crippen LogP contribution in [0, 0.1) is 6.92 Å². The average Bonchev–Trinajstić information content (AvgIpc) is 2.88. The lowest BCUT2D eigenvalue weighted by Gasteiger charge is -2.27. The molecule has 0 saturated carbocycles. The summed E-state index contributed by atoms with van der Waals surface area (Å²) in [6.45, 7) is 3.45. The topological polar surface area (TPSA) is 46.3 Å². The molecule has 2 N–H and O–H groups in total. The number of nitrogens with zero attached hydrogens (tertiary/aromatic N) is 1. The van der Waals surface area contributed by atoms with E-state index in [9.17, 15) is 4.79 Å². The molecule has 0 fully saturated rings. The SMILES string of the molecule is Cc1cc(C(=O)N2CCc3sccc3C2)ccc1N. The number of amides is 1. The number of anilines is 1. The van der Waals surface area contributed by atoms with E-state index in [1.165, 1.54) is 10.4 Å². The van der Waals surface area contributed by atoms with Crippen molar-refractivity contribution in [3.05, 3.63) is 51.2 Å². The minimum Gasteiger partial charge on any atom is -0.399 e. The number of fused-ring (bicyclic) bond motifs is 1. The van der Waals surface area contributed by atoms with Crippen LogP contribution < -0.4 is 5.73 Å². The normalized spacial score (nSPS) is 14.3. The Bertz CT molecular complexity index is 633. The van der Waals surface area contributed by atoms with Gasteiger partial charge in [0.05, 0.1) is 0 Å². The molecular weight excluding hydrogens is 256 g/mol. The largest absolute Gasteiger partial charge is 0.399 e. The number of hydrogen-bond acceptors (Lipinski definition) is 3. The number of carbonyl (C=O) groups excluding carboxylic acids is 1. The molecular formula is C15H16N2OS. The van der Waals surface area contributed by atoms with Crippen molar-refractivity contribution in [3.8, 4) is 0 Å². The maximum atomic E-state index is 12.5. The van der Waals surface area contributed by atoms with E-state index in [1.54, 1.807) is 11.3 Å². The second kappa shape index (κ2) is 4.70. The first-order valence-electron chi connectivity index (χ1n) is 6.36. The molecule has 1 aromatic carbocycles. The summed E-state index contributed by atoms with van der Waals surface area (Å²) in [5.74, 6) is 0.0972. The van der Waals surface area contributed by atoms with Crippen molar-refractivity contribution in [3.63, 3.8) is 0 Å². The Balaban J connectivity index is 1.83. The molecule has 3 rings (SSSR count). The van der Waals surface area contributed by atoms with Gasteiger partial charge in [0.1, 0.15) is 0 Å². The molecule has 1 aliphatic rings. The van der Waals surface area contributed by atoms with E-state index in [0.29, 0.717) is 0 Å². The fraction of sp³-hybridized carbons (Fsp3) is 0.267. The van der Waals surface area contributed by atoms with E-state index in [2.05, 4.69) is 11.4 Å². The Morgan fingerprint density at radius 2 is 2.21 bits per heavy atom. The van der Waals surface area contributed by atoms with Gasteiger partial charge in [-0.15, -0.1) is 11.3 Å². The number of benzene rings is 1. The van der Waals surface area contributed by atoms with Gasteiger partial charge in [0.25, 0.3) is 5.91 Å². The van der Waals surface area contributed by atoms with Gasteiger partial charge in [-0.1, -0.05) is 0 Å². The third kappa shape index (κ3) is 2.24. The van der Waals surface area contributed by atoms with Crippen molar-refractivity contribution in [2.45, 2.75) is 19.9 Å². The van der Waals surface area contributed by atoms with Gasteiger partial charge in [-0.25, -0.2) is 0 Å². The molecule has 0 spiro atoms. The van der Waals surface area contributed by atoms with Gasteiger partial charge in [-0.2, -0.15) is 0 Å².